The second-order valence-corrected chi connectivity index (χ2v) is 7.39. The van der Waals surface area contributed by atoms with Gasteiger partial charge in [-0.15, -0.1) is 11.3 Å². The number of benzene rings is 1. The van der Waals surface area contributed by atoms with E-state index in [1.165, 1.54) is 5.56 Å². The standard InChI is InChI=1S/C19H23F3N4S/c1-2-23-18(24-10-8-17-25-16(13-27-17)19(20,21)22)26-11-9-15(12-26)14-6-4-3-5-7-14/h3-7,13,15H,2,8-12H2,1H3,(H,23,24). The number of alkyl halides is 3. The Balaban J connectivity index is 1.59. The highest BCUT2D eigenvalue weighted by molar-refractivity contribution is 7.09. The van der Waals surface area contributed by atoms with Crippen LogP contribution >= 0.6 is 11.3 Å². The molecule has 2 heterocycles. The second-order valence-electron chi connectivity index (χ2n) is 6.45. The number of aromatic nitrogens is 1. The number of nitrogens with zero attached hydrogens (tertiary/aromatic N) is 3. The molecule has 1 aromatic carbocycles. The minimum Gasteiger partial charge on any atom is -0.357 e. The molecule has 0 radical (unpaired) electrons. The number of nitrogens with one attached hydrogen (secondary N) is 1. The van der Waals surface area contributed by atoms with E-state index in [-0.39, 0.29) is 0 Å². The van der Waals surface area contributed by atoms with Crippen LogP contribution in [0.4, 0.5) is 13.2 Å². The van der Waals surface area contributed by atoms with Crippen LogP contribution < -0.4 is 5.32 Å². The molecule has 0 bridgehead atoms. The van der Waals surface area contributed by atoms with Crippen molar-refractivity contribution < 1.29 is 13.2 Å². The van der Waals surface area contributed by atoms with E-state index in [2.05, 4.69) is 44.5 Å². The Morgan fingerprint density at radius 3 is 2.78 bits per heavy atom. The zero-order valence-electron chi connectivity index (χ0n) is 15.2. The summed E-state index contributed by atoms with van der Waals surface area (Å²) in [4.78, 5) is 10.5. The lowest BCUT2D eigenvalue weighted by atomic mass is 9.99. The molecule has 0 amide bonds. The molecule has 4 nitrogen and oxygen atoms in total. The van der Waals surface area contributed by atoms with Crippen LogP contribution in [0.2, 0.25) is 0 Å². The molecule has 27 heavy (non-hydrogen) atoms. The van der Waals surface area contributed by atoms with Crippen molar-refractivity contribution in [3.05, 3.63) is 52.0 Å². The molecule has 146 valence electrons. The Morgan fingerprint density at radius 1 is 1.33 bits per heavy atom. The van der Waals surface area contributed by atoms with E-state index in [1.807, 2.05) is 13.0 Å². The molecule has 1 unspecified atom stereocenters. The molecule has 3 rings (SSSR count). The molecule has 0 aliphatic carbocycles. The van der Waals surface area contributed by atoms with Crippen LogP contribution in [0.1, 0.15) is 35.5 Å². The monoisotopic (exact) mass is 396 g/mol. The van der Waals surface area contributed by atoms with Crippen molar-refractivity contribution in [2.75, 3.05) is 26.2 Å². The largest absolute Gasteiger partial charge is 0.434 e. The zero-order chi connectivity index (χ0) is 19.3. The summed E-state index contributed by atoms with van der Waals surface area (Å²) >= 11 is 1.04. The number of thiazole rings is 1. The Morgan fingerprint density at radius 2 is 2.11 bits per heavy atom. The summed E-state index contributed by atoms with van der Waals surface area (Å²) in [5.41, 5.74) is 0.516. The molecule has 1 aromatic heterocycles. The summed E-state index contributed by atoms with van der Waals surface area (Å²) in [5, 5.41) is 4.82. The molecular formula is C19H23F3N4S. The van der Waals surface area contributed by atoms with Gasteiger partial charge in [0.25, 0.3) is 0 Å². The third-order valence-electron chi connectivity index (χ3n) is 4.52. The molecule has 1 aliphatic rings. The predicted octanol–water partition coefficient (Wildman–Crippen LogP) is 4.16. The lowest BCUT2D eigenvalue weighted by molar-refractivity contribution is -0.140. The van der Waals surface area contributed by atoms with Gasteiger partial charge in [-0.1, -0.05) is 30.3 Å². The van der Waals surface area contributed by atoms with E-state index in [0.717, 1.165) is 48.7 Å². The van der Waals surface area contributed by atoms with Gasteiger partial charge in [0.1, 0.15) is 0 Å². The zero-order valence-corrected chi connectivity index (χ0v) is 16.0. The van der Waals surface area contributed by atoms with Gasteiger partial charge in [0.05, 0.1) is 5.01 Å². The number of aliphatic imine (C=N–C) groups is 1. The minimum absolute atomic E-state index is 0.408. The highest BCUT2D eigenvalue weighted by Crippen LogP contribution is 2.30. The lowest BCUT2D eigenvalue weighted by Gasteiger charge is -2.21. The highest BCUT2D eigenvalue weighted by Gasteiger charge is 2.33. The van der Waals surface area contributed by atoms with E-state index in [9.17, 15) is 13.2 Å². The number of guanidine groups is 1. The molecule has 2 aromatic rings. The van der Waals surface area contributed by atoms with Crippen LogP contribution in [0.25, 0.3) is 0 Å². The fourth-order valence-electron chi connectivity index (χ4n) is 3.19. The van der Waals surface area contributed by atoms with Gasteiger partial charge in [-0.25, -0.2) is 4.98 Å². The van der Waals surface area contributed by atoms with Gasteiger partial charge in [-0.2, -0.15) is 13.2 Å². The van der Waals surface area contributed by atoms with Gasteiger partial charge in [-0.3, -0.25) is 4.99 Å². The quantitative estimate of drug-likeness (QED) is 0.609. The number of halogens is 3. The Hall–Kier alpha value is -2.09. The Labute approximate surface area is 161 Å². The van der Waals surface area contributed by atoms with Gasteiger partial charge in [0.2, 0.25) is 0 Å². The third kappa shape index (κ3) is 5.22. The molecule has 1 saturated heterocycles. The Bertz CT molecular complexity index is 758. The maximum atomic E-state index is 12.6. The van der Waals surface area contributed by atoms with E-state index in [1.54, 1.807) is 0 Å². The first-order valence-electron chi connectivity index (χ1n) is 9.07. The van der Waals surface area contributed by atoms with Crippen LogP contribution in [0.3, 0.4) is 0 Å². The van der Waals surface area contributed by atoms with Gasteiger partial charge in [0, 0.05) is 43.9 Å². The van der Waals surface area contributed by atoms with Crippen molar-refractivity contribution in [2.24, 2.45) is 4.99 Å². The smallest absolute Gasteiger partial charge is 0.357 e. The molecule has 1 fully saturated rings. The van der Waals surface area contributed by atoms with Crippen LogP contribution in [0, 0.1) is 0 Å². The number of hydrogen-bond donors (Lipinski definition) is 1. The maximum absolute atomic E-state index is 12.6. The fourth-order valence-corrected chi connectivity index (χ4v) is 3.98. The fraction of sp³-hybridized carbons (Fsp3) is 0.474. The van der Waals surface area contributed by atoms with Crippen molar-refractivity contribution in [3.63, 3.8) is 0 Å². The summed E-state index contributed by atoms with van der Waals surface area (Å²) in [6, 6.07) is 10.4. The van der Waals surface area contributed by atoms with Crippen molar-refractivity contribution in [2.45, 2.75) is 31.9 Å². The van der Waals surface area contributed by atoms with E-state index >= 15 is 0 Å². The van der Waals surface area contributed by atoms with E-state index < -0.39 is 11.9 Å². The van der Waals surface area contributed by atoms with Gasteiger partial charge < -0.3 is 10.2 Å². The van der Waals surface area contributed by atoms with Gasteiger partial charge >= 0.3 is 6.18 Å². The van der Waals surface area contributed by atoms with Crippen molar-refractivity contribution in [1.29, 1.82) is 0 Å². The average molecular weight is 396 g/mol. The number of rotatable bonds is 5. The first kappa shape index (κ1) is 19.7. The van der Waals surface area contributed by atoms with Crippen LogP contribution in [-0.4, -0.2) is 42.0 Å². The molecular weight excluding hydrogens is 373 g/mol. The Kier molecular flexibility index (Phi) is 6.36. The summed E-state index contributed by atoms with van der Waals surface area (Å²) in [5.74, 6) is 1.30. The van der Waals surface area contributed by atoms with E-state index in [4.69, 9.17) is 0 Å². The van der Waals surface area contributed by atoms with Crippen LogP contribution in [-0.2, 0) is 12.6 Å². The minimum atomic E-state index is -4.38. The summed E-state index contributed by atoms with van der Waals surface area (Å²) in [6.45, 7) is 4.99. The number of likely N-dealkylation sites (tertiary alicyclic amines) is 1. The van der Waals surface area contributed by atoms with Crippen molar-refractivity contribution in [3.8, 4) is 0 Å². The SMILES string of the molecule is CCNC(=NCCc1nc(C(F)(F)F)cs1)N1CCC(c2ccccc2)C1. The average Bonchev–Trinajstić information content (AvgIpc) is 3.31. The van der Waals surface area contributed by atoms with Crippen LogP contribution in [0.15, 0.2) is 40.7 Å². The lowest BCUT2D eigenvalue weighted by Crippen LogP contribution is -2.40. The molecule has 1 aliphatic heterocycles. The first-order chi connectivity index (χ1) is 13.0. The normalized spacial score (nSPS) is 18.1. The highest BCUT2D eigenvalue weighted by atomic mass is 32.1. The van der Waals surface area contributed by atoms with Crippen molar-refractivity contribution in [1.82, 2.24) is 15.2 Å². The van der Waals surface area contributed by atoms with Gasteiger partial charge in [0.15, 0.2) is 11.7 Å². The van der Waals surface area contributed by atoms with E-state index in [0.29, 0.717) is 23.9 Å². The third-order valence-corrected chi connectivity index (χ3v) is 5.43. The maximum Gasteiger partial charge on any atom is 0.434 e. The summed E-state index contributed by atoms with van der Waals surface area (Å²) < 4.78 is 37.9. The van der Waals surface area contributed by atoms with Crippen LogP contribution in [0.5, 0.6) is 0 Å². The van der Waals surface area contributed by atoms with Crippen molar-refractivity contribution >= 4 is 17.3 Å². The predicted molar refractivity (Wildman–Crippen MR) is 102 cm³/mol. The molecule has 8 heteroatoms. The second kappa shape index (κ2) is 8.73. The molecule has 0 saturated carbocycles. The molecule has 1 atom stereocenters. The van der Waals surface area contributed by atoms with Gasteiger partial charge in [-0.05, 0) is 18.9 Å². The first-order valence-corrected chi connectivity index (χ1v) is 9.95. The number of hydrogen-bond acceptors (Lipinski definition) is 3. The summed E-state index contributed by atoms with van der Waals surface area (Å²) in [7, 11) is 0. The summed E-state index contributed by atoms with van der Waals surface area (Å²) in [6.07, 6.45) is -2.91. The topological polar surface area (TPSA) is 40.5 Å². The molecule has 1 N–H and O–H groups in total. The molecule has 0 spiro atoms.